The van der Waals surface area contributed by atoms with E-state index in [1.54, 1.807) is 6.08 Å². The third-order valence-corrected chi connectivity index (χ3v) is 1.95. The normalized spacial score (nSPS) is 11.9. The molecule has 0 unspecified atom stereocenters. The van der Waals surface area contributed by atoms with Gasteiger partial charge in [-0.3, -0.25) is 0 Å². The number of rotatable bonds is 4. The molecule has 1 aromatic rings. The molecule has 0 radical (unpaired) electrons. The summed E-state index contributed by atoms with van der Waals surface area (Å²) in [4.78, 5) is 0. The average Bonchev–Trinajstić information content (AvgIpc) is 2.20. The standard InChI is InChI=1S/C14H16/c1-3-4-6-9-13(2)12-14-10-7-5-8-11-14/h3-11H,1,12H2,2H3. The zero-order chi connectivity index (χ0) is 10.2. The van der Waals surface area contributed by atoms with Crippen LogP contribution < -0.4 is 0 Å². The van der Waals surface area contributed by atoms with Crippen LogP contribution in [0, 0.1) is 0 Å². The first-order valence-corrected chi connectivity index (χ1v) is 4.81. The van der Waals surface area contributed by atoms with E-state index in [0.29, 0.717) is 0 Å². The monoisotopic (exact) mass is 184 g/mol. The Kier molecular flexibility index (Phi) is 4.49. The van der Waals surface area contributed by atoms with Gasteiger partial charge >= 0.3 is 0 Å². The highest BCUT2D eigenvalue weighted by atomic mass is 14.0. The van der Waals surface area contributed by atoms with Gasteiger partial charge in [0.25, 0.3) is 0 Å². The molecule has 1 aromatic carbocycles. The lowest BCUT2D eigenvalue weighted by molar-refractivity contribution is 1.14. The Labute approximate surface area is 86.3 Å². The van der Waals surface area contributed by atoms with Crippen molar-refractivity contribution in [3.63, 3.8) is 0 Å². The van der Waals surface area contributed by atoms with E-state index in [1.165, 1.54) is 11.1 Å². The van der Waals surface area contributed by atoms with Crippen LogP contribution in [0.3, 0.4) is 0 Å². The molecule has 0 aliphatic rings. The molecule has 0 saturated carbocycles. The first kappa shape index (κ1) is 10.5. The maximum Gasteiger partial charge on any atom is -0.00668 e. The molecule has 0 nitrogen and oxygen atoms in total. The van der Waals surface area contributed by atoms with Gasteiger partial charge in [0.1, 0.15) is 0 Å². The molecule has 0 spiro atoms. The summed E-state index contributed by atoms with van der Waals surface area (Å²) in [5, 5.41) is 0. The fraction of sp³-hybridized carbons (Fsp3) is 0.143. The van der Waals surface area contributed by atoms with Crippen molar-refractivity contribution in [1.29, 1.82) is 0 Å². The Morgan fingerprint density at radius 1 is 1.21 bits per heavy atom. The summed E-state index contributed by atoms with van der Waals surface area (Å²) in [6.07, 6.45) is 8.88. The highest BCUT2D eigenvalue weighted by molar-refractivity contribution is 5.23. The molecule has 0 amide bonds. The molecule has 0 saturated heterocycles. The molecular weight excluding hydrogens is 168 g/mol. The largest absolute Gasteiger partial charge is 0.0991 e. The Hall–Kier alpha value is -1.56. The Bertz CT molecular complexity index is 328. The van der Waals surface area contributed by atoms with Crippen LogP contribution >= 0.6 is 0 Å². The van der Waals surface area contributed by atoms with Gasteiger partial charge in [-0.05, 0) is 18.9 Å². The van der Waals surface area contributed by atoms with Crippen LogP contribution in [0.5, 0.6) is 0 Å². The van der Waals surface area contributed by atoms with Crippen molar-refractivity contribution in [2.24, 2.45) is 0 Å². The van der Waals surface area contributed by atoms with E-state index in [-0.39, 0.29) is 0 Å². The number of hydrogen-bond donors (Lipinski definition) is 0. The van der Waals surface area contributed by atoms with Crippen molar-refractivity contribution in [1.82, 2.24) is 0 Å². The van der Waals surface area contributed by atoms with Gasteiger partial charge < -0.3 is 0 Å². The first-order valence-electron chi connectivity index (χ1n) is 4.81. The molecule has 0 N–H and O–H groups in total. The third kappa shape index (κ3) is 3.90. The molecule has 0 fully saturated rings. The fourth-order valence-corrected chi connectivity index (χ4v) is 1.28. The van der Waals surface area contributed by atoms with Crippen LogP contribution in [-0.2, 0) is 6.42 Å². The minimum Gasteiger partial charge on any atom is -0.0991 e. The molecule has 0 bridgehead atoms. The second-order valence-corrected chi connectivity index (χ2v) is 3.30. The van der Waals surface area contributed by atoms with Crippen LogP contribution in [0.4, 0.5) is 0 Å². The molecule has 14 heavy (non-hydrogen) atoms. The van der Waals surface area contributed by atoms with E-state index in [4.69, 9.17) is 0 Å². The fourth-order valence-electron chi connectivity index (χ4n) is 1.28. The molecule has 0 heterocycles. The molecule has 72 valence electrons. The van der Waals surface area contributed by atoms with Gasteiger partial charge in [-0.2, -0.15) is 0 Å². The lowest BCUT2D eigenvalue weighted by Crippen LogP contribution is -1.84. The van der Waals surface area contributed by atoms with Gasteiger partial charge in [-0.25, -0.2) is 0 Å². The van der Waals surface area contributed by atoms with Crippen molar-refractivity contribution < 1.29 is 0 Å². The summed E-state index contributed by atoms with van der Waals surface area (Å²) in [7, 11) is 0. The number of allylic oxidation sites excluding steroid dienone is 5. The van der Waals surface area contributed by atoms with E-state index >= 15 is 0 Å². The van der Waals surface area contributed by atoms with Crippen LogP contribution in [0.1, 0.15) is 12.5 Å². The lowest BCUT2D eigenvalue weighted by Gasteiger charge is -1.99. The molecule has 0 heteroatoms. The summed E-state index contributed by atoms with van der Waals surface area (Å²) in [6, 6.07) is 10.5. The van der Waals surface area contributed by atoms with Crippen molar-refractivity contribution >= 4 is 0 Å². The van der Waals surface area contributed by atoms with Crippen LogP contribution in [0.25, 0.3) is 0 Å². The van der Waals surface area contributed by atoms with Crippen molar-refractivity contribution in [3.05, 3.63) is 72.4 Å². The summed E-state index contributed by atoms with van der Waals surface area (Å²) < 4.78 is 0. The van der Waals surface area contributed by atoms with Gasteiger partial charge in [0.05, 0.1) is 0 Å². The van der Waals surface area contributed by atoms with Gasteiger partial charge in [-0.15, -0.1) is 0 Å². The lowest BCUT2D eigenvalue weighted by atomic mass is 10.1. The van der Waals surface area contributed by atoms with Gasteiger partial charge in [0.15, 0.2) is 0 Å². The number of hydrogen-bond acceptors (Lipinski definition) is 0. The molecule has 0 aromatic heterocycles. The summed E-state index contributed by atoms with van der Waals surface area (Å²) in [5.41, 5.74) is 2.71. The van der Waals surface area contributed by atoms with Crippen molar-refractivity contribution in [3.8, 4) is 0 Å². The smallest absolute Gasteiger partial charge is 0.00668 e. The maximum absolute atomic E-state index is 3.63. The van der Waals surface area contributed by atoms with Crippen LogP contribution in [0.15, 0.2) is 66.8 Å². The van der Waals surface area contributed by atoms with E-state index in [0.717, 1.165) is 6.42 Å². The second-order valence-electron chi connectivity index (χ2n) is 3.30. The predicted octanol–water partition coefficient (Wildman–Crippen LogP) is 3.92. The SMILES string of the molecule is C=CC=CC=C(C)Cc1ccccc1. The van der Waals surface area contributed by atoms with Crippen molar-refractivity contribution in [2.45, 2.75) is 13.3 Å². The minimum atomic E-state index is 1.02. The molecule has 0 aliphatic heterocycles. The quantitative estimate of drug-likeness (QED) is 0.622. The Morgan fingerprint density at radius 3 is 2.57 bits per heavy atom. The summed E-state index contributed by atoms with van der Waals surface area (Å²) >= 11 is 0. The van der Waals surface area contributed by atoms with Gasteiger partial charge in [-0.1, -0.05) is 66.8 Å². The highest BCUT2D eigenvalue weighted by Crippen LogP contribution is 2.06. The van der Waals surface area contributed by atoms with E-state index in [9.17, 15) is 0 Å². The summed E-state index contributed by atoms with van der Waals surface area (Å²) in [5.74, 6) is 0. The first-order chi connectivity index (χ1) is 6.83. The zero-order valence-corrected chi connectivity index (χ0v) is 8.61. The minimum absolute atomic E-state index is 1.02. The van der Waals surface area contributed by atoms with E-state index in [1.807, 2.05) is 18.2 Å². The highest BCUT2D eigenvalue weighted by Gasteiger charge is 1.91. The second kappa shape index (κ2) is 5.98. The molecular formula is C14H16. The topological polar surface area (TPSA) is 0 Å². The summed E-state index contributed by atoms with van der Waals surface area (Å²) in [6.45, 7) is 5.76. The van der Waals surface area contributed by atoms with Gasteiger partial charge in [0, 0.05) is 0 Å². The predicted molar refractivity (Wildman–Crippen MR) is 63.2 cm³/mol. The zero-order valence-electron chi connectivity index (χ0n) is 8.61. The molecule has 0 atom stereocenters. The van der Waals surface area contributed by atoms with E-state index in [2.05, 4.69) is 43.8 Å². The third-order valence-electron chi connectivity index (χ3n) is 1.95. The Balaban J connectivity index is 2.57. The van der Waals surface area contributed by atoms with Crippen molar-refractivity contribution in [2.75, 3.05) is 0 Å². The van der Waals surface area contributed by atoms with Gasteiger partial charge in [0.2, 0.25) is 0 Å². The molecule has 0 aliphatic carbocycles. The maximum atomic E-state index is 3.63. The van der Waals surface area contributed by atoms with Crippen LogP contribution in [0.2, 0.25) is 0 Å². The average molecular weight is 184 g/mol. The number of benzene rings is 1. The Morgan fingerprint density at radius 2 is 1.93 bits per heavy atom. The van der Waals surface area contributed by atoms with E-state index < -0.39 is 0 Å². The van der Waals surface area contributed by atoms with Crippen LogP contribution in [-0.4, -0.2) is 0 Å². The molecule has 1 rings (SSSR count).